The van der Waals surface area contributed by atoms with Gasteiger partial charge in [-0.1, -0.05) is 18.2 Å². The maximum atomic E-state index is 4.77. The third-order valence-electron chi connectivity index (χ3n) is 3.23. The van der Waals surface area contributed by atoms with Crippen LogP contribution in [-0.2, 0) is 0 Å². The number of nitrogens with zero attached hydrogens (tertiary/aromatic N) is 1. The molecule has 3 heteroatoms. The van der Waals surface area contributed by atoms with Crippen LogP contribution in [0.15, 0.2) is 48.5 Å². The van der Waals surface area contributed by atoms with E-state index >= 15 is 0 Å². The molecular formula is C15H9IN2. The lowest BCUT2D eigenvalue weighted by molar-refractivity contribution is 1.49. The number of rotatable bonds is 0. The van der Waals surface area contributed by atoms with Gasteiger partial charge in [0.15, 0.2) is 0 Å². The molecule has 2 aromatic heterocycles. The number of nitrogens with one attached hydrogen (secondary N) is 1. The van der Waals surface area contributed by atoms with Crippen LogP contribution in [0.25, 0.3) is 32.8 Å². The highest BCUT2D eigenvalue weighted by molar-refractivity contribution is 14.1. The smallest absolute Gasteiger partial charge is 0.0965 e. The Kier molecular flexibility index (Phi) is 2.11. The van der Waals surface area contributed by atoms with Crippen LogP contribution >= 0.6 is 22.6 Å². The fourth-order valence-corrected chi connectivity index (χ4v) is 2.91. The summed E-state index contributed by atoms with van der Waals surface area (Å²) in [4.78, 5) is 8.20. The molecule has 0 unspecified atom stereocenters. The van der Waals surface area contributed by atoms with Crippen LogP contribution in [0, 0.1) is 3.57 Å². The molecule has 2 nitrogen and oxygen atoms in total. The van der Waals surface area contributed by atoms with E-state index in [0.717, 1.165) is 22.1 Å². The molecule has 0 fully saturated rings. The van der Waals surface area contributed by atoms with Crippen molar-refractivity contribution < 1.29 is 0 Å². The Labute approximate surface area is 117 Å². The van der Waals surface area contributed by atoms with Crippen molar-refractivity contribution in [1.82, 2.24) is 9.97 Å². The number of hydrogen-bond donors (Lipinski definition) is 1. The van der Waals surface area contributed by atoms with E-state index in [1.165, 1.54) is 14.3 Å². The Balaban J connectivity index is 2.23. The average Bonchev–Trinajstić information content (AvgIpc) is 2.73. The van der Waals surface area contributed by atoms with E-state index in [2.05, 4.69) is 70.0 Å². The highest BCUT2D eigenvalue weighted by Gasteiger charge is 2.06. The second kappa shape index (κ2) is 3.68. The van der Waals surface area contributed by atoms with Gasteiger partial charge in [0.1, 0.15) is 0 Å². The summed E-state index contributed by atoms with van der Waals surface area (Å²) in [7, 11) is 0. The van der Waals surface area contributed by atoms with Crippen LogP contribution in [0.1, 0.15) is 0 Å². The summed E-state index contributed by atoms with van der Waals surface area (Å²) in [5.41, 5.74) is 4.35. The molecular weight excluding hydrogens is 335 g/mol. The molecule has 0 aliphatic carbocycles. The van der Waals surface area contributed by atoms with Crippen LogP contribution < -0.4 is 0 Å². The number of aromatic nitrogens is 2. The summed E-state index contributed by atoms with van der Waals surface area (Å²) in [6.45, 7) is 0. The van der Waals surface area contributed by atoms with Crippen molar-refractivity contribution in [3.63, 3.8) is 0 Å². The zero-order valence-electron chi connectivity index (χ0n) is 9.44. The van der Waals surface area contributed by atoms with Gasteiger partial charge in [0.2, 0.25) is 0 Å². The maximum Gasteiger partial charge on any atom is 0.0965 e. The Morgan fingerprint density at radius 2 is 1.83 bits per heavy atom. The van der Waals surface area contributed by atoms with Gasteiger partial charge >= 0.3 is 0 Å². The van der Waals surface area contributed by atoms with Crippen molar-refractivity contribution in [2.75, 3.05) is 0 Å². The van der Waals surface area contributed by atoms with Gasteiger partial charge in [0.25, 0.3) is 0 Å². The van der Waals surface area contributed by atoms with Crippen molar-refractivity contribution in [2.24, 2.45) is 0 Å². The molecule has 2 aromatic carbocycles. The zero-order valence-corrected chi connectivity index (χ0v) is 11.6. The van der Waals surface area contributed by atoms with E-state index < -0.39 is 0 Å². The highest BCUT2D eigenvalue weighted by atomic mass is 127. The van der Waals surface area contributed by atoms with Crippen LogP contribution in [0.2, 0.25) is 0 Å². The van der Waals surface area contributed by atoms with Crippen LogP contribution in [0.4, 0.5) is 0 Å². The lowest BCUT2D eigenvalue weighted by Gasteiger charge is -1.98. The first-order valence-corrected chi connectivity index (χ1v) is 6.86. The fraction of sp³-hybridized carbons (Fsp3) is 0. The van der Waals surface area contributed by atoms with E-state index in [1.807, 2.05) is 6.07 Å². The molecule has 0 bridgehead atoms. The van der Waals surface area contributed by atoms with E-state index in [9.17, 15) is 0 Å². The Hall–Kier alpha value is -1.62. The number of pyridine rings is 1. The predicted molar refractivity (Wildman–Crippen MR) is 83.8 cm³/mol. The number of benzene rings is 2. The standard InChI is InChI=1S/C15H9IN2/c16-10-5-6-12-9(7-10)8-14-15(18-12)11-3-1-2-4-13(11)17-14/h1-8,17H. The topological polar surface area (TPSA) is 28.7 Å². The molecule has 0 aliphatic rings. The molecule has 0 atom stereocenters. The van der Waals surface area contributed by atoms with Crippen LogP contribution in [-0.4, -0.2) is 9.97 Å². The van der Waals surface area contributed by atoms with Gasteiger partial charge in [-0.3, -0.25) is 0 Å². The number of aromatic amines is 1. The first kappa shape index (κ1) is 10.3. The molecule has 0 saturated heterocycles. The Morgan fingerprint density at radius 1 is 0.944 bits per heavy atom. The molecule has 0 amide bonds. The number of H-pyrrole nitrogens is 1. The molecule has 86 valence electrons. The van der Waals surface area contributed by atoms with Gasteiger partial charge in [-0.15, -0.1) is 0 Å². The quantitative estimate of drug-likeness (QED) is 0.469. The number of para-hydroxylation sites is 1. The van der Waals surface area contributed by atoms with Gasteiger partial charge < -0.3 is 4.98 Å². The van der Waals surface area contributed by atoms with Gasteiger partial charge in [-0.2, -0.15) is 0 Å². The predicted octanol–water partition coefficient (Wildman–Crippen LogP) is 4.47. The maximum absolute atomic E-state index is 4.77. The molecule has 18 heavy (non-hydrogen) atoms. The molecule has 2 heterocycles. The first-order valence-electron chi connectivity index (χ1n) is 5.78. The minimum Gasteiger partial charge on any atom is -0.353 e. The molecule has 0 spiro atoms. The molecule has 0 saturated carbocycles. The third-order valence-corrected chi connectivity index (χ3v) is 3.90. The summed E-state index contributed by atoms with van der Waals surface area (Å²) in [5.74, 6) is 0. The van der Waals surface area contributed by atoms with Crippen molar-refractivity contribution in [3.8, 4) is 0 Å². The van der Waals surface area contributed by atoms with E-state index in [1.54, 1.807) is 0 Å². The lowest BCUT2D eigenvalue weighted by Crippen LogP contribution is -1.81. The van der Waals surface area contributed by atoms with E-state index in [4.69, 9.17) is 4.98 Å². The number of halogens is 1. The summed E-state index contributed by atoms with van der Waals surface area (Å²) < 4.78 is 1.23. The Bertz CT molecular complexity index is 893. The van der Waals surface area contributed by atoms with Crippen molar-refractivity contribution >= 4 is 55.4 Å². The summed E-state index contributed by atoms with van der Waals surface area (Å²) in [6, 6.07) is 16.8. The van der Waals surface area contributed by atoms with Crippen molar-refractivity contribution in [1.29, 1.82) is 0 Å². The highest BCUT2D eigenvalue weighted by Crippen LogP contribution is 2.27. The number of hydrogen-bond acceptors (Lipinski definition) is 1. The second-order valence-electron chi connectivity index (χ2n) is 4.39. The van der Waals surface area contributed by atoms with Crippen LogP contribution in [0.3, 0.4) is 0 Å². The summed E-state index contributed by atoms with van der Waals surface area (Å²) in [5, 5.41) is 2.37. The molecule has 0 radical (unpaired) electrons. The third kappa shape index (κ3) is 1.43. The van der Waals surface area contributed by atoms with Crippen LogP contribution in [0.5, 0.6) is 0 Å². The normalized spacial score (nSPS) is 11.6. The monoisotopic (exact) mass is 344 g/mol. The Morgan fingerprint density at radius 3 is 2.78 bits per heavy atom. The number of fused-ring (bicyclic) bond motifs is 4. The second-order valence-corrected chi connectivity index (χ2v) is 5.64. The molecule has 4 rings (SSSR count). The zero-order chi connectivity index (χ0) is 12.1. The minimum absolute atomic E-state index is 1.05. The lowest BCUT2D eigenvalue weighted by atomic mass is 10.2. The first-order chi connectivity index (χ1) is 8.81. The van der Waals surface area contributed by atoms with Gasteiger partial charge in [0, 0.05) is 19.9 Å². The van der Waals surface area contributed by atoms with Gasteiger partial charge in [-0.05, 0) is 52.9 Å². The van der Waals surface area contributed by atoms with Crippen molar-refractivity contribution in [3.05, 3.63) is 52.1 Å². The van der Waals surface area contributed by atoms with Gasteiger partial charge in [0.05, 0.1) is 16.6 Å². The van der Waals surface area contributed by atoms with Crippen molar-refractivity contribution in [2.45, 2.75) is 0 Å². The molecule has 4 aromatic rings. The van der Waals surface area contributed by atoms with E-state index in [-0.39, 0.29) is 0 Å². The van der Waals surface area contributed by atoms with E-state index in [0.29, 0.717) is 0 Å². The van der Waals surface area contributed by atoms with Gasteiger partial charge in [-0.25, -0.2) is 4.98 Å². The summed E-state index contributed by atoms with van der Waals surface area (Å²) in [6.07, 6.45) is 0. The summed E-state index contributed by atoms with van der Waals surface area (Å²) >= 11 is 2.33. The largest absolute Gasteiger partial charge is 0.353 e. The molecule has 0 aliphatic heterocycles. The minimum atomic E-state index is 1.05. The average molecular weight is 344 g/mol. The fourth-order valence-electron chi connectivity index (χ4n) is 2.39. The SMILES string of the molecule is Ic1ccc2nc3c(cc2c1)[nH]c1ccccc13. The molecule has 1 N–H and O–H groups in total.